The van der Waals surface area contributed by atoms with Crippen LogP contribution in [-0.2, 0) is 22.5 Å². The van der Waals surface area contributed by atoms with Gasteiger partial charge < -0.3 is 10.1 Å². The molecule has 1 heterocycles. The first-order chi connectivity index (χ1) is 12.1. The summed E-state index contributed by atoms with van der Waals surface area (Å²) in [6.07, 6.45) is 0.743. The Balaban J connectivity index is 1.69. The number of hydrogen-bond acceptors (Lipinski definition) is 4. The van der Waals surface area contributed by atoms with Gasteiger partial charge in [-0.15, -0.1) is 0 Å². The Kier molecular flexibility index (Phi) is 5.09. The molecule has 0 fully saturated rings. The van der Waals surface area contributed by atoms with Gasteiger partial charge in [-0.05, 0) is 35.7 Å². The van der Waals surface area contributed by atoms with Crippen molar-refractivity contribution in [2.24, 2.45) is 0 Å². The molecule has 25 heavy (non-hydrogen) atoms. The van der Waals surface area contributed by atoms with Gasteiger partial charge in [-0.2, -0.15) is 0 Å². The molecule has 3 rings (SSSR count). The van der Waals surface area contributed by atoms with Crippen molar-refractivity contribution in [3.8, 4) is 0 Å². The molecule has 0 aromatic heterocycles. The van der Waals surface area contributed by atoms with E-state index in [4.69, 9.17) is 4.74 Å². The van der Waals surface area contributed by atoms with Crippen molar-refractivity contribution < 1.29 is 18.7 Å². The van der Waals surface area contributed by atoms with Crippen LogP contribution >= 0.6 is 0 Å². The number of carbonyl (C=O) groups excluding carboxylic acids is 2. The van der Waals surface area contributed by atoms with Gasteiger partial charge in [-0.3, -0.25) is 9.69 Å². The highest BCUT2D eigenvalue weighted by molar-refractivity contribution is 5.93. The van der Waals surface area contributed by atoms with Gasteiger partial charge in [0.05, 0.1) is 24.9 Å². The van der Waals surface area contributed by atoms with E-state index in [0.717, 1.165) is 17.5 Å². The van der Waals surface area contributed by atoms with Crippen molar-refractivity contribution in [1.29, 1.82) is 0 Å². The van der Waals surface area contributed by atoms with Crippen LogP contribution in [0, 0.1) is 5.82 Å². The number of para-hydroxylation sites is 1. The Morgan fingerprint density at radius 1 is 1.20 bits per heavy atom. The molecule has 0 radical (unpaired) electrons. The van der Waals surface area contributed by atoms with E-state index in [1.807, 2.05) is 17.0 Å². The highest BCUT2D eigenvalue weighted by Gasteiger charge is 2.23. The number of esters is 1. The molecule has 0 atom stereocenters. The Morgan fingerprint density at radius 3 is 2.76 bits per heavy atom. The third kappa shape index (κ3) is 3.85. The van der Waals surface area contributed by atoms with Gasteiger partial charge in [0, 0.05) is 13.1 Å². The first-order valence-electron chi connectivity index (χ1n) is 8.04. The van der Waals surface area contributed by atoms with E-state index in [0.29, 0.717) is 18.7 Å². The fourth-order valence-electron chi connectivity index (χ4n) is 3.03. The average Bonchev–Trinajstić information content (AvgIpc) is 2.62. The predicted octanol–water partition coefficient (Wildman–Crippen LogP) is 2.61. The number of fused-ring (bicyclic) bond motifs is 1. The van der Waals surface area contributed by atoms with Crippen LogP contribution in [0.2, 0.25) is 0 Å². The number of ether oxygens (including phenoxy) is 1. The van der Waals surface area contributed by atoms with Crippen LogP contribution < -0.4 is 5.32 Å². The first-order valence-corrected chi connectivity index (χ1v) is 8.04. The van der Waals surface area contributed by atoms with Crippen molar-refractivity contribution >= 4 is 17.6 Å². The SMILES string of the molecule is COC(=O)c1cccc2c1CN(CC(=O)Nc1ccccc1F)CC2. The fraction of sp³-hybridized carbons (Fsp3) is 0.263. The van der Waals surface area contributed by atoms with Gasteiger partial charge in [-0.1, -0.05) is 24.3 Å². The third-order valence-corrected chi connectivity index (χ3v) is 4.27. The van der Waals surface area contributed by atoms with Gasteiger partial charge >= 0.3 is 5.97 Å². The molecular formula is C19H19FN2O3. The molecule has 0 saturated heterocycles. The van der Waals surface area contributed by atoms with Crippen molar-refractivity contribution in [3.63, 3.8) is 0 Å². The lowest BCUT2D eigenvalue weighted by atomic mass is 9.95. The average molecular weight is 342 g/mol. The molecule has 0 bridgehead atoms. The van der Waals surface area contributed by atoms with E-state index < -0.39 is 5.82 Å². The minimum absolute atomic E-state index is 0.128. The molecule has 1 amide bonds. The number of methoxy groups -OCH3 is 1. The van der Waals surface area contributed by atoms with E-state index in [-0.39, 0.29) is 24.1 Å². The molecule has 0 spiro atoms. The van der Waals surface area contributed by atoms with Gasteiger partial charge in [0.2, 0.25) is 5.91 Å². The lowest BCUT2D eigenvalue weighted by Crippen LogP contribution is -2.38. The molecule has 0 aliphatic carbocycles. The second-order valence-electron chi connectivity index (χ2n) is 5.92. The summed E-state index contributed by atoms with van der Waals surface area (Å²) in [5.74, 6) is -1.13. The van der Waals surface area contributed by atoms with Crippen LogP contribution in [-0.4, -0.2) is 37.0 Å². The maximum atomic E-state index is 13.6. The maximum Gasteiger partial charge on any atom is 0.338 e. The summed E-state index contributed by atoms with van der Waals surface area (Å²) in [4.78, 5) is 26.1. The molecule has 1 aliphatic heterocycles. The molecular weight excluding hydrogens is 323 g/mol. The molecule has 0 unspecified atom stereocenters. The van der Waals surface area contributed by atoms with Crippen LogP contribution in [0.15, 0.2) is 42.5 Å². The molecule has 130 valence electrons. The molecule has 1 N–H and O–H groups in total. The zero-order chi connectivity index (χ0) is 17.8. The fourth-order valence-corrected chi connectivity index (χ4v) is 3.03. The van der Waals surface area contributed by atoms with Gasteiger partial charge in [0.15, 0.2) is 0 Å². The summed E-state index contributed by atoms with van der Waals surface area (Å²) in [5.41, 5.74) is 2.67. The number of carbonyl (C=O) groups is 2. The summed E-state index contributed by atoms with van der Waals surface area (Å²) in [7, 11) is 1.35. The Morgan fingerprint density at radius 2 is 2.00 bits per heavy atom. The van der Waals surface area contributed by atoms with Crippen molar-refractivity contribution in [3.05, 3.63) is 65.0 Å². The standard InChI is InChI=1S/C19H19FN2O3/c1-25-19(24)14-6-4-5-13-9-10-22(11-15(13)14)12-18(23)21-17-8-3-2-7-16(17)20/h2-8H,9-12H2,1H3,(H,21,23). The summed E-state index contributed by atoms with van der Waals surface area (Å²) in [6.45, 7) is 1.30. The molecule has 2 aromatic rings. The molecule has 0 saturated carbocycles. The molecule has 2 aromatic carbocycles. The summed E-state index contributed by atoms with van der Waals surface area (Å²) < 4.78 is 18.5. The van der Waals surface area contributed by atoms with Crippen LogP contribution in [0.25, 0.3) is 0 Å². The lowest BCUT2D eigenvalue weighted by Gasteiger charge is -2.29. The van der Waals surface area contributed by atoms with Crippen LogP contribution in [0.3, 0.4) is 0 Å². The summed E-state index contributed by atoms with van der Waals surface area (Å²) in [5, 5.41) is 2.58. The summed E-state index contributed by atoms with van der Waals surface area (Å²) >= 11 is 0. The normalized spacial score (nSPS) is 13.8. The second-order valence-corrected chi connectivity index (χ2v) is 5.92. The zero-order valence-electron chi connectivity index (χ0n) is 13.9. The van der Waals surface area contributed by atoms with Gasteiger partial charge in [0.25, 0.3) is 0 Å². The topological polar surface area (TPSA) is 58.6 Å². The number of amides is 1. The van der Waals surface area contributed by atoms with E-state index in [9.17, 15) is 14.0 Å². The largest absolute Gasteiger partial charge is 0.465 e. The van der Waals surface area contributed by atoms with Crippen LogP contribution in [0.1, 0.15) is 21.5 Å². The molecule has 5 nitrogen and oxygen atoms in total. The number of anilines is 1. The van der Waals surface area contributed by atoms with Crippen molar-refractivity contribution in [1.82, 2.24) is 4.90 Å². The Hall–Kier alpha value is -2.73. The molecule has 6 heteroatoms. The minimum atomic E-state index is -0.465. The Labute approximate surface area is 145 Å². The highest BCUT2D eigenvalue weighted by Crippen LogP contribution is 2.23. The number of rotatable bonds is 4. The maximum absolute atomic E-state index is 13.6. The second kappa shape index (κ2) is 7.44. The van der Waals surface area contributed by atoms with Gasteiger partial charge in [0.1, 0.15) is 5.82 Å². The Bertz CT molecular complexity index is 807. The monoisotopic (exact) mass is 342 g/mol. The van der Waals surface area contributed by atoms with Crippen molar-refractivity contribution in [2.45, 2.75) is 13.0 Å². The number of halogens is 1. The number of hydrogen-bond donors (Lipinski definition) is 1. The molecule has 1 aliphatic rings. The van der Waals surface area contributed by atoms with E-state index in [1.165, 1.54) is 19.2 Å². The quantitative estimate of drug-likeness (QED) is 0.868. The van der Waals surface area contributed by atoms with E-state index >= 15 is 0 Å². The van der Waals surface area contributed by atoms with E-state index in [1.54, 1.807) is 18.2 Å². The summed E-state index contributed by atoms with van der Waals surface area (Å²) in [6, 6.07) is 11.6. The van der Waals surface area contributed by atoms with E-state index in [2.05, 4.69) is 5.32 Å². The minimum Gasteiger partial charge on any atom is -0.465 e. The highest BCUT2D eigenvalue weighted by atomic mass is 19.1. The predicted molar refractivity (Wildman–Crippen MR) is 91.8 cm³/mol. The van der Waals surface area contributed by atoms with Gasteiger partial charge in [-0.25, -0.2) is 9.18 Å². The smallest absolute Gasteiger partial charge is 0.338 e. The lowest BCUT2D eigenvalue weighted by molar-refractivity contribution is -0.117. The third-order valence-electron chi connectivity index (χ3n) is 4.27. The van der Waals surface area contributed by atoms with Crippen molar-refractivity contribution in [2.75, 3.05) is 25.5 Å². The van der Waals surface area contributed by atoms with Crippen LogP contribution in [0.4, 0.5) is 10.1 Å². The van der Waals surface area contributed by atoms with Crippen LogP contribution in [0.5, 0.6) is 0 Å². The number of nitrogens with zero attached hydrogens (tertiary/aromatic N) is 1. The number of nitrogens with one attached hydrogen (secondary N) is 1. The number of benzene rings is 2. The first kappa shape index (κ1) is 17.1. The zero-order valence-corrected chi connectivity index (χ0v) is 13.9.